The van der Waals surface area contributed by atoms with Gasteiger partial charge in [-0.15, -0.1) is 0 Å². The SMILES string of the molecule is CCCNC(C)(COCCOCC(C)C)C(=O)OCC. The maximum absolute atomic E-state index is 12.0. The van der Waals surface area contributed by atoms with Gasteiger partial charge in [0, 0.05) is 6.61 Å². The number of hydrogen-bond donors (Lipinski definition) is 1. The molecule has 0 aliphatic carbocycles. The fourth-order valence-electron chi connectivity index (χ4n) is 1.59. The number of nitrogens with one attached hydrogen (secondary N) is 1. The molecule has 0 fully saturated rings. The van der Waals surface area contributed by atoms with E-state index in [1.54, 1.807) is 6.92 Å². The topological polar surface area (TPSA) is 56.8 Å². The molecule has 0 radical (unpaired) electrons. The van der Waals surface area contributed by atoms with Crippen LogP contribution in [0.3, 0.4) is 0 Å². The van der Waals surface area contributed by atoms with E-state index in [0.29, 0.717) is 25.7 Å². The molecule has 1 N–H and O–H groups in total. The summed E-state index contributed by atoms with van der Waals surface area (Å²) < 4.78 is 16.1. The summed E-state index contributed by atoms with van der Waals surface area (Å²) in [6, 6.07) is 0. The zero-order valence-corrected chi connectivity index (χ0v) is 13.7. The van der Waals surface area contributed by atoms with Crippen molar-refractivity contribution in [3.05, 3.63) is 0 Å². The lowest BCUT2D eigenvalue weighted by atomic mass is 10.0. The number of carbonyl (C=O) groups is 1. The first-order valence-electron chi connectivity index (χ1n) is 7.54. The van der Waals surface area contributed by atoms with Gasteiger partial charge in [-0.3, -0.25) is 0 Å². The second-order valence-electron chi connectivity index (χ2n) is 5.50. The molecular weight excluding hydrogens is 258 g/mol. The number of carbonyl (C=O) groups excluding carboxylic acids is 1. The number of hydrogen-bond acceptors (Lipinski definition) is 5. The Bertz CT molecular complexity index is 258. The van der Waals surface area contributed by atoms with Crippen molar-refractivity contribution in [3.63, 3.8) is 0 Å². The molecule has 0 aromatic rings. The minimum absolute atomic E-state index is 0.267. The number of esters is 1. The Hall–Kier alpha value is -0.650. The molecule has 20 heavy (non-hydrogen) atoms. The average molecular weight is 289 g/mol. The highest BCUT2D eigenvalue weighted by molar-refractivity contribution is 5.80. The fraction of sp³-hybridized carbons (Fsp3) is 0.933. The van der Waals surface area contributed by atoms with Crippen LogP contribution in [0, 0.1) is 5.92 Å². The molecule has 1 unspecified atom stereocenters. The standard InChI is InChI=1S/C15H31NO4/c1-6-8-16-15(5,14(17)20-7-2)12-19-10-9-18-11-13(3)4/h13,16H,6-12H2,1-5H3. The van der Waals surface area contributed by atoms with Gasteiger partial charge in [-0.25, -0.2) is 4.79 Å². The van der Waals surface area contributed by atoms with Crippen molar-refractivity contribution in [2.24, 2.45) is 5.92 Å². The Balaban J connectivity index is 4.06. The van der Waals surface area contributed by atoms with Crippen LogP contribution in [-0.2, 0) is 19.0 Å². The lowest BCUT2D eigenvalue weighted by Crippen LogP contribution is -2.54. The Morgan fingerprint density at radius 3 is 2.40 bits per heavy atom. The minimum Gasteiger partial charge on any atom is -0.465 e. The van der Waals surface area contributed by atoms with E-state index < -0.39 is 5.54 Å². The summed E-state index contributed by atoms with van der Waals surface area (Å²) >= 11 is 0. The van der Waals surface area contributed by atoms with Gasteiger partial charge in [0.2, 0.25) is 0 Å². The molecule has 5 nitrogen and oxygen atoms in total. The van der Waals surface area contributed by atoms with Crippen LogP contribution in [0.25, 0.3) is 0 Å². The Labute approximate surface area is 123 Å². The normalized spacial score (nSPS) is 14.3. The largest absolute Gasteiger partial charge is 0.465 e. The molecule has 0 bridgehead atoms. The molecule has 5 heteroatoms. The van der Waals surface area contributed by atoms with E-state index in [1.807, 2.05) is 6.92 Å². The van der Waals surface area contributed by atoms with Crippen molar-refractivity contribution in [3.8, 4) is 0 Å². The van der Waals surface area contributed by atoms with E-state index in [1.165, 1.54) is 0 Å². The molecule has 0 rings (SSSR count). The van der Waals surface area contributed by atoms with E-state index in [9.17, 15) is 4.79 Å². The Morgan fingerprint density at radius 2 is 1.85 bits per heavy atom. The highest BCUT2D eigenvalue weighted by atomic mass is 16.5. The summed E-state index contributed by atoms with van der Waals surface area (Å²) in [4.78, 5) is 12.0. The van der Waals surface area contributed by atoms with Gasteiger partial charge in [0.1, 0.15) is 5.54 Å². The highest BCUT2D eigenvalue weighted by Gasteiger charge is 2.34. The molecule has 0 aromatic carbocycles. The van der Waals surface area contributed by atoms with Crippen LogP contribution in [0.5, 0.6) is 0 Å². The molecule has 0 spiro atoms. The van der Waals surface area contributed by atoms with E-state index >= 15 is 0 Å². The molecule has 0 aliphatic rings. The fourth-order valence-corrected chi connectivity index (χ4v) is 1.59. The molecule has 0 aromatic heterocycles. The molecule has 0 aliphatic heterocycles. The first-order valence-corrected chi connectivity index (χ1v) is 7.54. The van der Waals surface area contributed by atoms with E-state index in [0.717, 1.165) is 19.6 Å². The predicted molar refractivity (Wildman–Crippen MR) is 79.8 cm³/mol. The van der Waals surface area contributed by atoms with Gasteiger partial charge in [-0.2, -0.15) is 0 Å². The maximum Gasteiger partial charge on any atom is 0.328 e. The first kappa shape index (κ1) is 19.4. The monoisotopic (exact) mass is 289 g/mol. The number of ether oxygens (including phenoxy) is 3. The lowest BCUT2D eigenvalue weighted by Gasteiger charge is -2.28. The molecule has 0 amide bonds. The second kappa shape index (κ2) is 11.1. The van der Waals surface area contributed by atoms with Crippen LogP contribution in [0.4, 0.5) is 0 Å². The first-order chi connectivity index (χ1) is 9.46. The smallest absolute Gasteiger partial charge is 0.328 e. The van der Waals surface area contributed by atoms with Gasteiger partial charge >= 0.3 is 5.97 Å². The van der Waals surface area contributed by atoms with E-state index in [-0.39, 0.29) is 12.6 Å². The molecular formula is C15H31NO4. The van der Waals surface area contributed by atoms with E-state index in [2.05, 4.69) is 26.1 Å². The molecule has 0 saturated heterocycles. The van der Waals surface area contributed by atoms with Crippen molar-refractivity contribution >= 4 is 5.97 Å². The summed E-state index contributed by atoms with van der Waals surface area (Å²) in [6.45, 7) is 13.1. The maximum atomic E-state index is 12.0. The van der Waals surface area contributed by atoms with Gasteiger partial charge in [-0.1, -0.05) is 20.8 Å². The molecule has 120 valence electrons. The third kappa shape index (κ3) is 8.51. The minimum atomic E-state index is -0.788. The summed E-state index contributed by atoms with van der Waals surface area (Å²) in [5, 5.41) is 3.20. The Kier molecular flexibility index (Phi) is 10.7. The van der Waals surface area contributed by atoms with Crippen LogP contribution in [0.1, 0.15) is 41.0 Å². The van der Waals surface area contributed by atoms with Crippen molar-refractivity contribution in [1.29, 1.82) is 0 Å². The van der Waals surface area contributed by atoms with E-state index in [4.69, 9.17) is 14.2 Å². The van der Waals surface area contributed by atoms with Crippen LogP contribution in [0.15, 0.2) is 0 Å². The zero-order valence-electron chi connectivity index (χ0n) is 13.7. The van der Waals surface area contributed by atoms with Gasteiger partial charge in [-0.05, 0) is 32.7 Å². The van der Waals surface area contributed by atoms with Crippen LogP contribution < -0.4 is 5.32 Å². The molecule has 0 heterocycles. The van der Waals surface area contributed by atoms with Gasteiger partial charge in [0.25, 0.3) is 0 Å². The molecule has 0 saturated carbocycles. The third-order valence-electron chi connectivity index (χ3n) is 2.71. The summed E-state index contributed by atoms with van der Waals surface area (Å²) in [7, 11) is 0. The number of rotatable bonds is 12. The summed E-state index contributed by atoms with van der Waals surface area (Å²) in [6.07, 6.45) is 0.951. The van der Waals surface area contributed by atoms with Gasteiger partial charge < -0.3 is 19.5 Å². The van der Waals surface area contributed by atoms with Crippen molar-refractivity contribution in [1.82, 2.24) is 5.32 Å². The second-order valence-corrected chi connectivity index (χ2v) is 5.50. The Morgan fingerprint density at radius 1 is 1.20 bits per heavy atom. The van der Waals surface area contributed by atoms with Crippen LogP contribution in [-0.4, -0.2) is 51.1 Å². The average Bonchev–Trinajstić information content (AvgIpc) is 2.40. The summed E-state index contributed by atoms with van der Waals surface area (Å²) in [5.41, 5.74) is -0.788. The van der Waals surface area contributed by atoms with Gasteiger partial charge in [0.15, 0.2) is 0 Å². The highest BCUT2D eigenvalue weighted by Crippen LogP contribution is 2.08. The predicted octanol–water partition coefficient (Wildman–Crippen LogP) is 2.00. The zero-order chi connectivity index (χ0) is 15.4. The lowest BCUT2D eigenvalue weighted by molar-refractivity contribution is -0.153. The van der Waals surface area contributed by atoms with Crippen LogP contribution >= 0.6 is 0 Å². The molecule has 1 atom stereocenters. The quantitative estimate of drug-likeness (QED) is 0.440. The van der Waals surface area contributed by atoms with Crippen molar-refractivity contribution in [2.75, 3.05) is 39.6 Å². The van der Waals surface area contributed by atoms with Crippen molar-refractivity contribution < 1.29 is 19.0 Å². The van der Waals surface area contributed by atoms with Gasteiger partial charge in [0.05, 0.1) is 26.4 Å². The third-order valence-corrected chi connectivity index (χ3v) is 2.71. The van der Waals surface area contributed by atoms with Crippen LogP contribution in [0.2, 0.25) is 0 Å². The summed E-state index contributed by atoms with van der Waals surface area (Å²) in [5.74, 6) is 0.252. The van der Waals surface area contributed by atoms with Crippen molar-refractivity contribution in [2.45, 2.75) is 46.6 Å².